The van der Waals surface area contributed by atoms with Crippen LogP contribution in [0.5, 0.6) is 0 Å². The number of para-hydroxylation sites is 1. The Bertz CT molecular complexity index is 467. The second kappa shape index (κ2) is 2.91. The summed E-state index contributed by atoms with van der Waals surface area (Å²) in [5, 5.41) is 0. The summed E-state index contributed by atoms with van der Waals surface area (Å²) >= 11 is 0. The molecule has 2 heteroatoms. The number of fused-ring (bicyclic) bond motifs is 1. The zero-order valence-corrected chi connectivity index (χ0v) is 7.77. The molecule has 0 unspecified atom stereocenters. The molecular formula is C12H10N2. The summed E-state index contributed by atoms with van der Waals surface area (Å²) in [6.07, 6.45) is 5.81. The van der Waals surface area contributed by atoms with Gasteiger partial charge in [-0.15, -0.1) is 0 Å². The van der Waals surface area contributed by atoms with E-state index < -0.39 is 0 Å². The minimum absolute atomic E-state index is 0.937. The van der Waals surface area contributed by atoms with Crippen molar-refractivity contribution in [1.29, 1.82) is 0 Å². The van der Waals surface area contributed by atoms with Crippen LogP contribution in [0.2, 0.25) is 0 Å². The van der Waals surface area contributed by atoms with Crippen LogP contribution in [0.3, 0.4) is 0 Å². The zero-order chi connectivity index (χ0) is 9.38. The third kappa shape index (κ3) is 1.11. The van der Waals surface area contributed by atoms with Gasteiger partial charge in [0.2, 0.25) is 0 Å². The fraction of sp³-hybridized carbons (Fsp3) is 0.167. The molecule has 14 heavy (non-hydrogen) atoms. The van der Waals surface area contributed by atoms with Gasteiger partial charge in [-0.05, 0) is 11.6 Å². The molecule has 2 heterocycles. The first kappa shape index (κ1) is 7.68. The van der Waals surface area contributed by atoms with Gasteiger partial charge in [0.25, 0.3) is 0 Å². The minimum atomic E-state index is 0.937. The van der Waals surface area contributed by atoms with Crippen molar-refractivity contribution in [2.75, 3.05) is 0 Å². The van der Waals surface area contributed by atoms with Gasteiger partial charge in [0.15, 0.2) is 0 Å². The maximum absolute atomic E-state index is 4.58. The largest absolute Gasteiger partial charge is 0.259 e. The standard InChI is InChI=1S/C12H10N2/c1-2-5-10-9(4-1)8-12(14-10)11-6-3-7-13-11/h1-5,7H,6,8H2. The quantitative estimate of drug-likeness (QED) is 0.638. The molecular weight excluding hydrogens is 172 g/mol. The maximum Gasteiger partial charge on any atom is 0.0673 e. The predicted molar refractivity (Wildman–Crippen MR) is 58.4 cm³/mol. The van der Waals surface area contributed by atoms with Crippen LogP contribution < -0.4 is 0 Å². The van der Waals surface area contributed by atoms with Crippen molar-refractivity contribution >= 4 is 17.1 Å². The molecule has 1 aromatic rings. The minimum Gasteiger partial charge on any atom is -0.259 e. The van der Waals surface area contributed by atoms with Gasteiger partial charge in [0, 0.05) is 19.0 Å². The van der Waals surface area contributed by atoms with Gasteiger partial charge in [0.05, 0.1) is 17.1 Å². The lowest BCUT2D eigenvalue weighted by molar-refractivity contribution is 1.40. The Balaban J connectivity index is 1.95. The van der Waals surface area contributed by atoms with Crippen molar-refractivity contribution in [3.63, 3.8) is 0 Å². The maximum atomic E-state index is 4.58. The third-order valence-electron chi connectivity index (χ3n) is 2.59. The molecule has 68 valence electrons. The van der Waals surface area contributed by atoms with E-state index in [1.54, 1.807) is 0 Å². The summed E-state index contributed by atoms with van der Waals surface area (Å²) in [5.74, 6) is 0. The highest BCUT2D eigenvalue weighted by atomic mass is 14.8. The van der Waals surface area contributed by atoms with Gasteiger partial charge in [-0.1, -0.05) is 24.3 Å². The van der Waals surface area contributed by atoms with Crippen LogP contribution in [-0.4, -0.2) is 11.4 Å². The van der Waals surface area contributed by atoms with Crippen molar-refractivity contribution in [2.24, 2.45) is 9.98 Å². The molecule has 0 aliphatic carbocycles. The van der Waals surface area contributed by atoms with Gasteiger partial charge >= 0.3 is 0 Å². The molecule has 0 atom stereocenters. The summed E-state index contributed by atoms with van der Waals surface area (Å²) < 4.78 is 0. The van der Waals surface area contributed by atoms with Crippen molar-refractivity contribution in [3.05, 3.63) is 42.1 Å². The van der Waals surface area contributed by atoms with Crippen LogP contribution in [0.4, 0.5) is 5.69 Å². The van der Waals surface area contributed by atoms with Gasteiger partial charge in [-0.25, -0.2) is 0 Å². The number of benzene rings is 1. The van der Waals surface area contributed by atoms with E-state index in [1.807, 2.05) is 12.3 Å². The number of hydrogen-bond acceptors (Lipinski definition) is 2. The molecule has 2 aliphatic rings. The first-order valence-electron chi connectivity index (χ1n) is 4.81. The highest BCUT2D eigenvalue weighted by Crippen LogP contribution is 2.27. The number of rotatable bonds is 1. The Hall–Kier alpha value is -1.70. The molecule has 0 bridgehead atoms. The molecule has 0 spiro atoms. The lowest BCUT2D eigenvalue weighted by Crippen LogP contribution is -2.11. The van der Waals surface area contributed by atoms with Crippen molar-refractivity contribution < 1.29 is 0 Å². The van der Waals surface area contributed by atoms with E-state index in [9.17, 15) is 0 Å². The topological polar surface area (TPSA) is 24.7 Å². The summed E-state index contributed by atoms with van der Waals surface area (Å²) in [4.78, 5) is 8.89. The summed E-state index contributed by atoms with van der Waals surface area (Å²) in [6, 6.07) is 8.28. The molecule has 2 aliphatic heterocycles. The van der Waals surface area contributed by atoms with Crippen molar-refractivity contribution in [1.82, 2.24) is 0 Å². The van der Waals surface area contributed by atoms with Crippen LogP contribution in [0.25, 0.3) is 0 Å². The average Bonchev–Trinajstić information content (AvgIpc) is 2.86. The smallest absolute Gasteiger partial charge is 0.0673 e. The molecule has 0 N–H and O–H groups in total. The summed E-state index contributed by atoms with van der Waals surface area (Å²) in [5.41, 5.74) is 4.69. The predicted octanol–water partition coefficient (Wildman–Crippen LogP) is 2.67. The second-order valence-corrected chi connectivity index (χ2v) is 3.53. The Morgan fingerprint density at radius 1 is 1.07 bits per heavy atom. The number of hydrogen-bond donors (Lipinski definition) is 0. The monoisotopic (exact) mass is 182 g/mol. The van der Waals surface area contributed by atoms with Gasteiger partial charge in [0.1, 0.15) is 0 Å². The summed E-state index contributed by atoms with van der Waals surface area (Å²) in [6.45, 7) is 0. The van der Waals surface area contributed by atoms with Crippen LogP contribution in [0.1, 0.15) is 12.0 Å². The Morgan fingerprint density at radius 3 is 2.79 bits per heavy atom. The lowest BCUT2D eigenvalue weighted by Gasteiger charge is -1.96. The number of nitrogens with zero attached hydrogens (tertiary/aromatic N) is 2. The fourth-order valence-electron chi connectivity index (χ4n) is 1.85. The third-order valence-corrected chi connectivity index (χ3v) is 2.59. The molecule has 1 aromatic carbocycles. The van der Waals surface area contributed by atoms with Crippen LogP contribution in [0, 0.1) is 0 Å². The van der Waals surface area contributed by atoms with E-state index in [0.29, 0.717) is 0 Å². The molecule has 0 aromatic heterocycles. The summed E-state index contributed by atoms with van der Waals surface area (Å²) in [7, 11) is 0. The molecule has 0 saturated heterocycles. The number of allylic oxidation sites excluding steroid dienone is 1. The normalized spacial score (nSPS) is 18.0. The van der Waals surface area contributed by atoms with Crippen molar-refractivity contribution in [2.45, 2.75) is 12.8 Å². The highest BCUT2D eigenvalue weighted by Gasteiger charge is 2.18. The van der Waals surface area contributed by atoms with Crippen LogP contribution in [0.15, 0.2) is 46.5 Å². The molecule has 0 amide bonds. The Morgan fingerprint density at radius 2 is 2.00 bits per heavy atom. The zero-order valence-electron chi connectivity index (χ0n) is 7.77. The molecule has 2 nitrogen and oxygen atoms in total. The van der Waals surface area contributed by atoms with E-state index in [0.717, 1.165) is 30.0 Å². The van der Waals surface area contributed by atoms with E-state index in [1.165, 1.54) is 5.56 Å². The van der Waals surface area contributed by atoms with Crippen LogP contribution >= 0.6 is 0 Å². The van der Waals surface area contributed by atoms with Gasteiger partial charge in [-0.3, -0.25) is 9.98 Å². The van der Waals surface area contributed by atoms with Gasteiger partial charge in [-0.2, -0.15) is 0 Å². The van der Waals surface area contributed by atoms with Crippen LogP contribution in [-0.2, 0) is 6.42 Å². The first-order valence-corrected chi connectivity index (χ1v) is 4.81. The van der Waals surface area contributed by atoms with E-state index in [4.69, 9.17) is 0 Å². The van der Waals surface area contributed by atoms with E-state index >= 15 is 0 Å². The van der Waals surface area contributed by atoms with E-state index in [-0.39, 0.29) is 0 Å². The van der Waals surface area contributed by atoms with Gasteiger partial charge < -0.3 is 0 Å². The molecule has 0 fully saturated rings. The van der Waals surface area contributed by atoms with Crippen molar-refractivity contribution in [3.8, 4) is 0 Å². The molecule has 0 radical (unpaired) electrons. The second-order valence-electron chi connectivity index (χ2n) is 3.53. The fourth-order valence-corrected chi connectivity index (χ4v) is 1.85. The molecule has 0 saturated carbocycles. The highest BCUT2D eigenvalue weighted by molar-refractivity contribution is 6.45. The Kier molecular flexibility index (Phi) is 1.60. The first-order chi connectivity index (χ1) is 6.93. The lowest BCUT2D eigenvalue weighted by atomic mass is 10.1. The Labute approximate surface area is 82.7 Å². The SMILES string of the molecule is C1=CN=C(C2=Nc3ccccc3C2)C1. The van der Waals surface area contributed by atoms with E-state index in [2.05, 4.69) is 34.3 Å². The number of aliphatic imine (C=N–C) groups is 2. The molecule has 3 rings (SSSR count). The average molecular weight is 182 g/mol.